The lowest BCUT2D eigenvalue weighted by Crippen LogP contribution is -2.34. The lowest BCUT2D eigenvalue weighted by molar-refractivity contribution is -0.252. The molecule has 3 N–H and O–H groups in total. The van der Waals surface area contributed by atoms with Crippen LogP contribution in [0.3, 0.4) is 0 Å². The number of amides is 2. The summed E-state index contributed by atoms with van der Waals surface area (Å²) in [5.41, 5.74) is 8.06. The topological polar surface area (TPSA) is 97.6 Å². The molecule has 0 aliphatic carbocycles. The van der Waals surface area contributed by atoms with Gasteiger partial charge in [0.2, 0.25) is 0 Å². The molecule has 1 saturated heterocycles. The molecule has 1 aliphatic rings. The van der Waals surface area contributed by atoms with Gasteiger partial charge in [0, 0.05) is 25.1 Å². The number of urea groups is 1. The van der Waals surface area contributed by atoms with Gasteiger partial charge in [-0.2, -0.15) is 0 Å². The number of nitrogens with one attached hydrogen (secondary N) is 2. The highest BCUT2D eigenvalue weighted by Crippen LogP contribution is 2.39. The molecule has 6 rings (SSSR count). The maximum Gasteiger partial charge on any atom is 0.315 e. The summed E-state index contributed by atoms with van der Waals surface area (Å²) in [6.07, 6.45) is 1.75. The number of benzene rings is 4. The molecule has 0 spiro atoms. The maximum absolute atomic E-state index is 11.8. The number of hydrogen-bond acceptors (Lipinski definition) is 5. The number of carbonyl (C=O) groups excluding carboxylic acids is 1. The van der Waals surface area contributed by atoms with Crippen molar-refractivity contribution in [3.8, 4) is 11.1 Å². The number of rotatable bonds is 9. The fourth-order valence-electron chi connectivity index (χ4n) is 5.51. The Kier molecular flexibility index (Phi) is 8.79. The van der Waals surface area contributed by atoms with E-state index in [2.05, 4.69) is 62.6 Å². The van der Waals surface area contributed by atoms with Gasteiger partial charge in [0.05, 0.1) is 42.7 Å². The number of imidazole rings is 1. The Hall–Kier alpha value is -4.50. The normalized spacial score (nSPS) is 18.4. The molecular formula is C35H36N4O4. The minimum Gasteiger partial charge on any atom is -0.392 e. The van der Waals surface area contributed by atoms with Gasteiger partial charge < -0.3 is 29.8 Å². The third-order valence-corrected chi connectivity index (χ3v) is 7.78. The predicted molar refractivity (Wildman–Crippen MR) is 166 cm³/mol. The third-order valence-electron chi connectivity index (χ3n) is 7.78. The maximum atomic E-state index is 11.8. The minimum absolute atomic E-state index is 0.00776. The summed E-state index contributed by atoms with van der Waals surface area (Å²) in [5, 5.41) is 15.1. The molecule has 2 amide bonds. The van der Waals surface area contributed by atoms with E-state index in [4.69, 9.17) is 9.47 Å². The second kappa shape index (κ2) is 13.2. The molecule has 1 aromatic heterocycles. The van der Waals surface area contributed by atoms with Crippen molar-refractivity contribution in [3.63, 3.8) is 0 Å². The van der Waals surface area contributed by atoms with Crippen LogP contribution >= 0.6 is 0 Å². The van der Waals surface area contributed by atoms with Crippen molar-refractivity contribution < 1.29 is 19.4 Å². The van der Waals surface area contributed by atoms with E-state index in [1.807, 2.05) is 67.8 Å². The standard InChI is InChI=1S/C35H36N4O4/c1-2-36-35(41)37-20-25-6-5-7-29(18-25)26-14-16-28(17-15-26)34-42-30(21-39-23-38-31-8-3-4-9-32(31)39)19-33(43-34)27-12-10-24(22-40)11-13-27/h3-18,23,30,33-34,40H,2,19-22H2,1H3,(H2,36,37,41). The number of carbonyl (C=O) groups is 1. The van der Waals surface area contributed by atoms with Gasteiger partial charge in [-0.1, -0.05) is 78.9 Å². The molecular weight excluding hydrogens is 540 g/mol. The summed E-state index contributed by atoms with van der Waals surface area (Å²) in [5.74, 6) is 0. The Labute approximate surface area is 251 Å². The lowest BCUT2D eigenvalue weighted by Gasteiger charge is -2.36. The number of para-hydroxylation sites is 2. The van der Waals surface area contributed by atoms with Gasteiger partial charge in [0.1, 0.15) is 0 Å². The zero-order chi connectivity index (χ0) is 29.6. The van der Waals surface area contributed by atoms with Crippen molar-refractivity contribution in [3.05, 3.63) is 126 Å². The fraction of sp³-hybridized carbons (Fsp3) is 0.257. The van der Waals surface area contributed by atoms with Crippen molar-refractivity contribution in [1.29, 1.82) is 0 Å². The summed E-state index contributed by atoms with van der Waals surface area (Å²) < 4.78 is 15.3. The summed E-state index contributed by atoms with van der Waals surface area (Å²) in [4.78, 5) is 16.4. The van der Waals surface area contributed by atoms with Crippen LogP contribution in [0.1, 0.15) is 48.0 Å². The first-order valence-corrected chi connectivity index (χ1v) is 14.7. The molecule has 3 unspecified atom stereocenters. The van der Waals surface area contributed by atoms with Gasteiger partial charge in [0.15, 0.2) is 6.29 Å². The number of nitrogens with zero attached hydrogens (tertiary/aromatic N) is 2. The lowest BCUT2D eigenvalue weighted by atomic mass is 9.99. The molecule has 1 fully saturated rings. The van der Waals surface area contributed by atoms with Crippen LogP contribution in [0.25, 0.3) is 22.2 Å². The summed E-state index contributed by atoms with van der Waals surface area (Å²) in [7, 11) is 0. The van der Waals surface area contributed by atoms with Crippen molar-refractivity contribution in [2.45, 2.75) is 51.5 Å². The molecule has 220 valence electrons. The van der Waals surface area contributed by atoms with Gasteiger partial charge in [-0.05, 0) is 52.9 Å². The molecule has 2 heterocycles. The minimum atomic E-state index is -0.544. The van der Waals surface area contributed by atoms with E-state index in [1.165, 1.54) is 0 Å². The van der Waals surface area contributed by atoms with Crippen LogP contribution in [0.5, 0.6) is 0 Å². The zero-order valence-electron chi connectivity index (χ0n) is 24.1. The first kappa shape index (κ1) is 28.6. The monoisotopic (exact) mass is 576 g/mol. The Morgan fingerprint density at radius 3 is 2.47 bits per heavy atom. The number of aliphatic hydroxyl groups excluding tert-OH is 1. The van der Waals surface area contributed by atoms with Crippen molar-refractivity contribution in [2.24, 2.45) is 0 Å². The number of hydrogen-bond donors (Lipinski definition) is 3. The number of aromatic nitrogens is 2. The van der Waals surface area contributed by atoms with Crippen molar-refractivity contribution in [1.82, 2.24) is 20.2 Å². The zero-order valence-corrected chi connectivity index (χ0v) is 24.1. The van der Waals surface area contributed by atoms with E-state index in [0.717, 1.165) is 44.4 Å². The molecule has 8 heteroatoms. The smallest absolute Gasteiger partial charge is 0.315 e. The second-order valence-corrected chi connectivity index (χ2v) is 10.8. The van der Waals surface area contributed by atoms with Gasteiger partial charge in [-0.15, -0.1) is 0 Å². The average Bonchev–Trinajstić information content (AvgIpc) is 3.46. The van der Waals surface area contributed by atoms with Crippen molar-refractivity contribution in [2.75, 3.05) is 6.54 Å². The van der Waals surface area contributed by atoms with Gasteiger partial charge in [0.25, 0.3) is 0 Å². The molecule has 0 bridgehead atoms. The van der Waals surface area contributed by atoms with Crippen molar-refractivity contribution >= 4 is 17.1 Å². The van der Waals surface area contributed by atoms with Gasteiger partial charge in [-0.25, -0.2) is 9.78 Å². The quantitative estimate of drug-likeness (QED) is 0.192. The molecule has 1 aliphatic heterocycles. The van der Waals surface area contributed by atoms with Crippen LogP contribution in [-0.4, -0.2) is 33.3 Å². The Morgan fingerprint density at radius 2 is 1.67 bits per heavy atom. The first-order chi connectivity index (χ1) is 21.1. The van der Waals surface area contributed by atoms with Crippen LogP contribution in [0.4, 0.5) is 4.79 Å². The average molecular weight is 577 g/mol. The van der Waals surface area contributed by atoms with E-state index in [-0.39, 0.29) is 24.8 Å². The highest BCUT2D eigenvalue weighted by Gasteiger charge is 2.32. The molecule has 3 atom stereocenters. The molecule has 0 saturated carbocycles. The largest absolute Gasteiger partial charge is 0.392 e. The number of aliphatic hydroxyl groups is 1. The number of ether oxygens (including phenoxy) is 2. The van der Waals surface area contributed by atoms with E-state index in [0.29, 0.717) is 26.1 Å². The molecule has 8 nitrogen and oxygen atoms in total. The Bertz CT molecular complexity index is 1670. The summed E-state index contributed by atoms with van der Waals surface area (Å²) in [6.45, 7) is 3.60. The second-order valence-electron chi connectivity index (χ2n) is 10.8. The van der Waals surface area contributed by atoms with E-state index in [1.54, 1.807) is 0 Å². The van der Waals surface area contributed by atoms with E-state index in [9.17, 15) is 9.90 Å². The highest BCUT2D eigenvalue weighted by atomic mass is 16.7. The Morgan fingerprint density at radius 1 is 0.884 bits per heavy atom. The summed E-state index contributed by atoms with van der Waals surface area (Å²) in [6, 6.07) is 32.3. The van der Waals surface area contributed by atoms with Crippen LogP contribution in [0.2, 0.25) is 0 Å². The van der Waals surface area contributed by atoms with Crippen LogP contribution in [0.15, 0.2) is 103 Å². The fourth-order valence-corrected chi connectivity index (χ4v) is 5.51. The summed E-state index contributed by atoms with van der Waals surface area (Å²) >= 11 is 0. The Balaban J connectivity index is 1.22. The molecule has 4 aromatic carbocycles. The molecule has 5 aromatic rings. The molecule has 0 radical (unpaired) electrons. The SMILES string of the molecule is CCNC(=O)NCc1cccc(-c2ccc(C3OC(Cn4cnc5ccccc54)CC(c4ccc(CO)cc4)O3)cc2)c1. The van der Waals surface area contributed by atoms with Crippen LogP contribution in [0, 0.1) is 0 Å². The van der Waals surface area contributed by atoms with Gasteiger partial charge >= 0.3 is 6.03 Å². The predicted octanol–water partition coefficient (Wildman–Crippen LogP) is 6.26. The number of fused-ring (bicyclic) bond motifs is 1. The molecule has 43 heavy (non-hydrogen) atoms. The first-order valence-electron chi connectivity index (χ1n) is 14.7. The van der Waals surface area contributed by atoms with Crippen LogP contribution in [-0.2, 0) is 29.2 Å². The van der Waals surface area contributed by atoms with E-state index < -0.39 is 6.29 Å². The van der Waals surface area contributed by atoms with Crippen LogP contribution < -0.4 is 10.6 Å². The highest BCUT2D eigenvalue weighted by molar-refractivity contribution is 5.75. The third kappa shape index (κ3) is 6.78. The van der Waals surface area contributed by atoms with Gasteiger partial charge in [-0.3, -0.25) is 0 Å². The van der Waals surface area contributed by atoms with E-state index >= 15 is 0 Å².